The Labute approximate surface area is 120 Å². The van der Waals surface area contributed by atoms with Gasteiger partial charge in [-0.1, -0.05) is 36.9 Å². The molecule has 0 spiro atoms. The predicted octanol–water partition coefficient (Wildman–Crippen LogP) is 4.56. The fraction of sp³-hybridized carbons (Fsp3) is 0.222. The lowest BCUT2D eigenvalue weighted by Gasteiger charge is -2.22. The minimum absolute atomic E-state index is 0.392. The van der Waals surface area contributed by atoms with Crippen LogP contribution in [0.1, 0.15) is 24.9 Å². The Morgan fingerprint density at radius 3 is 2.90 bits per heavy atom. The minimum Gasteiger partial charge on any atom is -0.367 e. The molecular weight excluding hydrogens is 244 g/mol. The first kappa shape index (κ1) is 12.8. The summed E-state index contributed by atoms with van der Waals surface area (Å²) in [6.07, 6.45) is 9.38. The third-order valence-electron chi connectivity index (χ3n) is 4.19. The number of nitrogens with zero attached hydrogens (tertiary/aromatic N) is 1. The van der Waals surface area contributed by atoms with Crippen LogP contribution in [0.15, 0.2) is 66.5 Å². The maximum atomic E-state index is 3.83. The van der Waals surface area contributed by atoms with Crippen LogP contribution < -0.4 is 0 Å². The number of benzene rings is 1. The second kappa shape index (κ2) is 5.04. The van der Waals surface area contributed by atoms with Gasteiger partial charge in [0, 0.05) is 35.4 Å². The number of hydrogen-bond donors (Lipinski definition) is 1. The fourth-order valence-corrected chi connectivity index (χ4v) is 3.13. The van der Waals surface area contributed by atoms with Crippen molar-refractivity contribution in [2.45, 2.75) is 19.4 Å². The number of likely N-dealkylation sites (N-methyl/N-ethyl adjacent to an activating group) is 1. The highest BCUT2D eigenvalue weighted by molar-refractivity contribution is 5.83. The average molecular weight is 264 g/mol. The Morgan fingerprint density at radius 2 is 2.15 bits per heavy atom. The average Bonchev–Trinajstić information content (AvgIpc) is 3.02. The first-order valence-electron chi connectivity index (χ1n) is 7.03. The second-order valence-electron chi connectivity index (χ2n) is 5.22. The van der Waals surface area contributed by atoms with E-state index in [9.17, 15) is 0 Å². The Kier molecular flexibility index (Phi) is 3.23. The number of hydrogen-bond acceptors (Lipinski definition) is 1. The molecule has 2 heteroatoms. The molecule has 20 heavy (non-hydrogen) atoms. The molecule has 2 aromatic rings. The summed E-state index contributed by atoms with van der Waals surface area (Å²) in [4.78, 5) is 5.73. The third kappa shape index (κ3) is 1.88. The summed E-state index contributed by atoms with van der Waals surface area (Å²) in [6, 6.07) is 8.89. The molecule has 0 amide bonds. The van der Waals surface area contributed by atoms with Crippen molar-refractivity contribution in [1.82, 2.24) is 9.88 Å². The maximum absolute atomic E-state index is 3.83. The monoisotopic (exact) mass is 264 g/mol. The van der Waals surface area contributed by atoms with Crippen molar-refractivity contribution in [1.29, 1.82) is 0 Å². The molecule has 1 aromatic carbocycles. The number of nitrogens with one attached hydrogen (secondary N) is 1. The molecule has 2 heterocycles. The van der Waals surface area contributed by atoms with E-state index in [2.05, 4.69) is 73.0 Å². The number of fused-ring (bicyclic) bond motifs is 1. The standard InChI is InChI=1S/C18H20N2/c1-4-8-17-13(5-2)11-18(20(17)3)15-12-19-16-10-7-6-9-14(15)16/h4-10,12,18-19H,1,11H2,2-3H3/b13-5-,17-8+/t18-/m0/s1. The normalized spacial score (nSPS) is 23.1. The zero-order chi connectivity index (χ0) is 14.1. The highest BCUT2D eigenvalue weighted by Gasteiger charge is 2.30. The Morgan fingerprint density at radius 1 is 1.35 bits per heavy atom. The first-order valence-corrected chi connectivity index (χ1v) is 7.03. The van der Waals surface area contributed by atoms with Gasteiger partial charge in [-0.05, 0) is 31.1 Å². The van der Waals surface area contributed by atoms with Gasteiger partial charge in [-0.15, -0.1) is 0 Å². The Bertz CT molecular complexity index is 703. The van der Waals surface area contributed by atoms with Gasteiger partial charge < -0.3 is 9.88 Å². The number of aromatic amines is 1. The second-order valence-corrected chi connectivity index (χ2v) is 5.22. The van der Waals surface area contributed by atoms with E-state index in [1.165, 1.54) is 27.7 Å². The van der Waals surface area contributed by atoms with E-state index in [0.717, 1.165) is 6.42 Å². The van der Waals surface area contributed by atoms with Crippen molar-refractivity contribution in [2.75, 3.05) is 7.05 Å². The summed E-state index contributed by atoms with van der Waals surface area (Å²) in [5.41, 5.74) is 5.24. The smallest absolute Gasteiger partial charge is 0.0601 e. The summed E-state index contributed by atoms with van der Waals surface area (Å²) in [7, 11) is 2.16. The van der Waals surface area contributed by atoms with Crippen molar-refractivity contribution in [2.24, 2.45) is 0 Å². The van der Waals surface area contributed by atoms with Crippen molar-refractivity contribution in [3.05, 3.63) is 72.1 Å². The molecule has 1 N–H and O–H groups in total. The first-order chi connectivity index (χ1) is 9.76. The number of H-pyrrole nitrogens is 1. The maximum Gasteiger partial charge on any atom is 0.0601 e. The molecule has 0 unspecified atom stereocenters. The van der Waals surface area contributed by atoms with E-state index in [1.807, 2.05) is 6.08 Å². The van der Waals surface area contributed by atoms with Gasteiger partial charge in [0.05, 0.1) is 6.04 Å². The lowest BCUT2D eigenvalue weighted by molar-refractivity contribution is 0.363. The summed E-state index contributed by atoms with van der Waals surface area (Å²) in [5, 5.41) is 1.32. The van der Waals surface area contributed by atoms with Crippen LogP contribution in [-0.2, 0) is 0 Å². The van der Waals surface area contributed by atoms with E-state index >= 15 is 0 Å². The van der Waals surface area contributed by atoms with Gasteiger partial charge in [0.15, 0.2) is 0 Å². The van der Waals surface area contributed by atoms with Gasteiger partial charge in [-0.25, -0.2) is 0 Å². The molecular formula is C18H20N2. The summed E-state index contributed by atoms with van der Waals surface area (Å²) in [5.74, 6) is 0. The van der Waals surface area contributed by atoms with E-state index in [0.29, 0.717) is 6.04 Å². The molecule has 1 saturated heterocycles. The molecule has 2 nitrogen and oxygen atoms in total. The van der Waals surface area contributed by atoms with E-state index in [-0.39, 0.29) is 0 Å². The number of aromatic nitrogens is 1. The van der Waals surface area contributed by atoms with Gasteiger partial charge in [0.1, 0.15) is 0 Å². The van der Waals surface area contributed by atoms with Crippen LogP contribution in [0.4, 0.5) is 0 Å². The van der Waals surface area contributed by atoms with Crippen LogP contribution in [0.25, 0.3) is 10.9 Å². The van der Waals surface area contributed by atoms with E-state index < -0.39 is 0 Å². The Hall–Kier alpha value is -2.22. The zero-order valence-corrected chi connectivity index (χ0v) is 12.1. The molecule has 1 fully saturated rings. The van der Waals surface area contributed by atoms with Gasteiger partial charge in [0.25, 0.3) is 0 Å². The lowest BCUT2D eigenvalue weighted by atomic mass is 10.0. The minimum atomic E-state index is 0.392. The van der Waals surface area contributed by atoms with Crippen LogP contribution in [-0.4, -0.2) is 16.9 Å². The number of allylic oxidation sites excluding steroid dienone is 4. The van der Waals surface area contributed by atoms with Crippen molar-refractivity contribution in [3.63, 3.8) is 0 Å². The predicted molar refractivity (Wildman–Crippen MR) is 85.5 cm³/mol. The number of para-hydroxylation sites is 1. The molecule has 0 bridgehead atoms. The molecule has 1 aromatic heterocycles. The molecule has 0 saturated carbocycles. The molecule has 1 aliphatic heterocycles. The van der Waals surface area contributed by atoms with Crippen LogP contribution in [0.2, 0.25) is 0 Å². The highest BCUT2D eigenvalue weighted by Crippen LogP contribution is 2.42. The topological polar surface area (TPSA) is 19.0 Å². The molecule has 0 radical (unpaired) electrons. The van der Waals surface area contributed by atoms with Crippen LogP contribution >= 0.6 is 0 Å². The van der Waals surface area contributed by atoms with Crippen LogP contribution in [0, 0.1) is 0 Å². The van der Waals surface area contributed by atoms with Crippen molar-refractivity contribution in [3.8, 4) is 0 Å². The van der Waals surface area contributed by atoms with Crippen molar-refractivity contribution >= 4 is 10.9 Å². The summed E-state index contributed by atoms with van der Waals surface area (Å²) < 4.78 is 0. The third-order valence-corrected chi connectivity index (χ3v) is 4.19. The SMILES string of the molecule is C=C/C=C1\C(=C/C)C[C@@H](c2c[nH]c3ccccc23)N1C. The molecule has 3 rings (SSSR count). The van der Waals surface area contributed by atoms with Crippen molar-refractivity contribution < 1.29 is 0 Å². The van der Waals surface area contributed by atoms with E-state index in [1.54, 1.807) is 0 Å². The molecule has 1 atom stereocenters. The molecule has 102 valence electrons. The quantitative estimate of drug-likeness (QED) is 0.842. The van der Waals surface area contributed by atoms with Crippen LogP contribution in [0.3, 0.4) is 0 Å². The van der Waals surface area contributed by atoms with E-state index in [4.69, 9.17) is 0 Å². The summed E-state index contributed by atoms with van der Waals surface area (Å²) in [6.45, 7) is 5.94. The van der Waals surface area contributed by atoms with Crippen LogP contribution in [0.5, 0.6) is 0 Å². The Balaban J connectivity index is 2.07. The number of rotatable bonds is 2. The highest BCUT2D eigenvalue weighted by atomic mass is 15.2. The fourth-order valence-electron chi connectivity index (χ4n) is 3.13. The zero-order valence-electron chi connectivity index (χ0n) is 12.1. The summed E-state index contributed by atoms with van der Waals surface area (Å²) >= 11 is 0. The van der Waals surface area contributed by atoms with Gasteiger partial charge in [0.2, 0.25) is 0 Å². The van der Waals surface area contributed by atoms with Gasteiger partial charge >= 0.3 is 0 Å². The largest absolute Gasteiger partial charge is 0.367 e. The molecule has 0 aliphatic carbocycles. The lowest BCUT2D eigenvalue weighted by Crippen LogP contribution is -2.16. The number of likely N-dealkylation sites (tertiary alicyclic amines) is 1. The van der Waals surface area contributed by atoms with Gasteiger partial charge in [-0.3, -0.25) is 0 Å². The molecule has 1 aliphatic rings. The van der Waals surface area contributed by atoms with Gasteiger partial charge in [-0.2, -0.15) is 0 Å².